The summed E-state index contributed by atoms with van der Waals surface area (Å²) in [6.07, 6.45) is 2.93. The number of aliphatic imine (C=N–C) groups is 1. The Labute approximate surface area is 177 Å². The summed E-state index contributed by atoms with van der Waals surface area (Å²) in [7, 11) is 0. The number of benzene rings is 2. The summed E-state index contributed by atoms with van der Waals surface area (Å²) >= 11 is 1.44. The first-order valence-electron chi connectivity index (χ1n) is 10.0. The first kappa shape index (κ1) is 21.2. The molecular formula is C24H28N2O2S. The highest BCUT2D eigenvalue weighted by Gasteiger charge is 2.36. The number of thioether (sulfide) groups is 1. The number of carbonyl (C=O) groups is 1. The molecule has 3 rings (SSSR count). The molecule has 152 valence electrons. The number of nitrogens with zero attached hydrogens (tertiary/aromatic N) is 2. The van der Waals surface area contributed by atoms with Gasteiger partial charge in [-0.1, -0.05) is 36.8 Å². The van der Waals surface area contributed by atoms with E-state index in [2.05, 4.69) is 20.8 Å². The van der Waals surface area contributed by atoms with Crippen LogP contribution in [0.4, 0.5) is 5.69 Å². The van der Waals surface area contributed by atoms with Gasteiger partial charge in [-0.2, -0.15) is 0 Å². The molecule has 2 aromatic rings. The van der Waals surface area contributed by atoms with Crippen LogP contribution in [0.25, 0.3) is 6.08 Å². The molecule has 0 radical (unpaired) electrons. The van der Waals surface area contributed by atoms with Gasteiger partial charge in [-0.3, -0.25) is 9.69 Å². The number of aryl methyl sites for hydroxylation is 1. The summed E-state index contributed by atoms with van der Waals surface area (Å²) in [6.45, 7) is 10.2. The van der Waals surface area contributed by atoms with Gasteiger partial charge in [0.15, 0.2) is 5.17 Å². The molecule has 29 heavy (non-hydrogen) atoms. The summed E-state index contributed by atoms with van der Waals surface area (Å²) in [4.78, 5) is 20.4. The first-order valence-corrected chi connectivity index (χ1v) is 10.8. The summed E-state index contributed by atoms with van der Waals surface area (Å²) in [5.41, 5.74) is 3.02. The fraction of sp³-hybridized carbons (Fsp3) is 0.333. The highest BCUT2D eigenvalue weighted by atomic mass is 32.2. The molecule has 0 bridgehead atoms. The van der Waals surface area contributed by atoms with Crippen LogP contribution in [0.2, 0.25) is 0 Å². The van der Waals surface area contributed by atoms with E-state index in [1.165, 1.54) is 17.3 Å². The van der Waals surface area contributed by atoms with Crippen LogP contribution in [0.3, 0.4) is 0 Å². The quantitative estimate of drug-likeness (QED) is 0.536. The molecule has 2 aromatic carbocycles. The molecule has 5 heteroatoms. The minimum absolute atomic E-state index is 0.0118. The van der Waals surface area contributed by atoms with E-state index in [1.54, 1.807) is 0 Å². The Hall–Kier alpha value is -2.53. The van der Waals surface area contributed by atoms with Crippen molar-refractivity contribution in [3.05, 3.63) is 64.6 Å². The molecule has 0 spiro atoms. The lowest BCUT2D eigenvalue weighted by molar-refractivity contribution is -0.123. The molecule has 1 aliphatic rings. The first-order chi connectivity index (χ1) is 13.9. The van der Waals surface area contributed by atoms with Gasteiger partial charge in [-0.25, -0.2) is 4.99 Å². The maximum absolute atomic E-state index is 13.1. The van der Waals surface area contributed by atoms with Gasteiger partial charge in [-0.15, -0.1) is 0 Å². The fourth-order valence-electron chi connectivity index (χ4n) is 2.93. The minimum atomic E-state index is 0.0118. The normalized spacial score (nSPS) is 18.1. The monoisotopic (exact) mass is 408 g/mol. The number of hydrogen-bond acceptors (Lipinski definition) is 4. The van der Waals surface area contributed by atoms with E-state index in [1.807, 2.05) is 73.4 Å². The molecule has 4 nitrogen and oxygen atoms in total. The van der Waals surface area contributed by atoms with Crippen molar-refractivity contribution in [2.24, 2.45) is 4.99 Å². The number of amides is 1. The number of rotatable bonds is 6. The Morgan fingerprint density at radius 2 is 1.72 bits per heavy atom. The molecule has 0 unspecified atom stereocenters. The Kier molecular flexibility index (Phi) is 6.80. The summed E-state index contributed by atoms with van der Waals surface area (Å²) in [6, 6.07) is 15.9. The third-order valence-electron chi connectivity index (χ3n) is 4.68. The predicted octanol–water partition coefficient (Wildman–Crippen LogP) is 6.18. The maximum atomic E-state index is 13.1. The molecule has 0 aromatic heterocycles. The van der Waals surface area contributed by atoms with Crippen LogP contribution < -0.4 is 4.74 Å². The van der Waals surface area contributed by atoms with Gasteiger partial charge in [0.2, 0.25) is 0 Å². The highest BCUT2D eigenvalue weighted by molar-refractivity contribution is 8.18. The van der Waals surface area contributed by atoms with E-state index in [-0.39, 0.29) is 18.1 Å². The van der Waals surface area contributed by atoms with Gasteiger partial charge in [-0.05, 0) is 81.8 Å². The Balaban J connectivity index is 1.89. The molecule has 1 fully saturated rings. The molecule has 0 saturated carbocycles. The lowest BCUT2D eigenvalue weighted by Gasteiger charge is -2.22. The lowest BCUT2D eigenvalue weighted by Crippen LogP contribution is -2.36. The summed E-state index contributed by atoms with van der Waals surface area (Å²) in [5, 5.41) is 0.735. The number of carbonyl (C=O) groups excluding carboxylic acids is 1. The Bertz CT molecular complexity index is 915. The maximum Gasteiger partial charge on any atom is 0.266 e. The average Bonchev–Trinajstić information content (AvgIpc) is 2.99. The summed E-state index contributed by atoms with van der Waals surface area (Å²) < 4.78 is 5.69. The molecule has 1 amide bonds. The van der Waals surface area contributed by atoms with Crippen LogP contribution in [0.15, 0.2) is 58.4 Å². The second-order valence-electron chi connectivity index (χ2n) is 7.51. The van der Waals surface area contributed by atoms with Crippen LogP contribution in [-0.2, 0) is 4.79 Å². The van der Waals surface area contributed by atoms with Gasteiger partial charge >= 0.3 is 0 Å². The molecular weight excluding hydrogens is 380 g/mol. The van der Waals surface area contributed by atoms with E-state index in [9.17, 15) is 4.79 Å². The number of amidine groups is 1. The molecule has 1 saturated heterocycles. The third kappa shape index (κ3) is 5.30. The van der Waals surface area contributed by atoms with Crippen LogP contribution in [0.1, 0.15) is 45.2 Å². The van der Waals surface area contributed by atoms with Gasteiger partial charge in [0.05, 0.1) is 16.7 Å². The van der Waals surface area contributed by atoms with E-state index in [4.69, 9.17) is 9.73 Å². The van der Waals surface area contributed by atoms with Crippen LogP contribution in [-0.4, -0.2) is 28.1 Å². The van der Waals surface area contributed by atoms with Crippen molar-refractivity contribution < 1.29 is 9.53 Å². The minimum Gasteiger partial charge on any atom is -0.491 e. The van der Waals surface area contributed by atoms with Crippen molar-refractivity contribution >= 4 is 34.6 Å². The topological polar surface area (TPSA) is 41.9 Å². The smallest absolute Gasteiger partial charge is 0.266 e. The molecule has 1 atom stereocenters. The molecule has 1 aliphatic heterocycles. The van der Waals surface area contributed by atoms with Crippen molar-refractivity contribution in [1.82, 2.24) is 4.90 Å². The second-order valence-corrected chi connectivity index (χ2v) is 8.52. The highest BCUT2D eigenvalue weighted by Crippen LogP contribution is 2.36. The standard InChI is InChI=1S/C24H28N2O2S/c1-6-18(5)26-23(27)22(15-19-9-13-21(14-10-19)28-16(2)3)29-24(26)25-20-11-7-17(4)8-12-20/h7-16,18H,6H2,1-5H3/b22-15+,25-24?/t18-/m0/s1. The molecule has 1 heterocycles. The van der Waals surface area contributed by atoms with Crippen molar-refractivity contribution in [1.29, 1.82) is 0 Å². The van der Waals surface area contributed by atoms with Crippen molar-refractivity contribution in [2.45, 2.75) is 53.2 Å². The number of hydrogen-bond donors (Lipinski definition) is 0. The molecule has 0 aliphatic carbocycles. The van der Waals surface area contributed by atoms with E-state index in [0.717, 1.165) is 28.6 Å². The van der Waals surface area contributed by atoms with E-state index >= 15 is 0 Å². The SMILES string of the molecule is CC[C@H](C)N1C(=O)/C(=C\c2ccc(OC(C)C)cc2)SC1=Nc1ccc(C)cc1. The van der Waals surface area contributed by atoms with Crippen molar-refractivity contribution in [3.63, 3.8) is 0 Å². The zero-order valence-corrected chi connectivity index (χ0v) is 18.5. The van der Waals surface area contributed by atoms with Gasteiger partial charge < -0.3 is 4.74 Å². The van der Waals surface area contributed by atoms with Crippen LogP contribution >= 0.6 is 11.8 Å². The second kappa shape index (κ2) is 9.31. The number of ether oxygens (including phenoxy) is 1. The molecule has 0 N–H and O–H groups in total. The zero-order chi connectivity index (χ0) is 21.0. The zero-order valence-electron chi connectivity index (χ0n) is 17.7. The Morgan fingerprint density at radius 1 is 1.07 bits per heavy atom. The van der Waals surface area contributed by atoms with Crippen LogP contribution in [0, 0.1) is 6.92 Å². The summed E-state index contributed by atoms with van der Waals surface area (Å²) in [5.74, 6) is 0.841. The van der Waals surface area contributed by atoms with E-state index in [0.29, 0.717) is 4.91 Å². The lowest BCUT2D eigenvalue weighted by atomic mass is 10.2. The predicted molar refractivity (Wildman–Crippen MR) is 123 cm³/mol. The van der Waals surface area contributed by atoms with Gasteiger partial charge in [0, 0.05) is 6.04 Å². The van der Waals surface area contributed by atoms with Crippen LogP contribution in [0.5, 0.6) is 5.75 Å². The van der Waals surface area contributed by atoms with Crippen molar-refractivity contribution in [3.8, 4) is 5.75 Å². The average molecular weight is 409 g/mol. The largest absolute Gasteiger partial charge is 0.491 e. The van der Waals surface area contributed by atoms with Gasteiger partial charge in [0.25, 0.3) is 5.91 Å². The van der Waals surface area contributed by atoms with Gasteiger partial charge in [0.1, 0.15) is 5.75 Å². The fourth-order valence-corrected chi connectivity index (χ4v) is 4.02. The van der Waals surface area contributed by atoms with E-state index < -0.39 is 0 Å². The van der Waals surface area contributed by atoms with Crippen molar-refractivity contribution in [2.75, 3.05) is 0 Å². The third-order valence-corrected chi connectivity index (χ3v) is 5.66. The Morgan fingerprint density at radius 3 is 2.31 bits per heavy atom.